The van der Waals surface area contributed by atoms with Crippen LogP contribution in [-0.2, 0) is 0 Å². The molecule has 0 unspecified atom stereocenters. The van der Waals surface area contributed by atoms with Crippen molar-refractivity contribution in [1.82, 2.24) is 4.98 Å². The highest BCUT2D eigenvalue weighted by atomic mass is 32.1. The molecule has 4 heteroatoms. The Morgan fingerprint density at radius 2 is 2.20 bits per heavy atom. The minimum Gasteiger partial charge on any atom is -0.411 e. The topological polar surface area (TPSA) is 45.5 Å². The van der Waals surface area contributed by atoms with Crippen molar-refractivity contribution < 1.29 is 5.21 Å². The number of pyridine rings is 1. The van der Waals surface area contributed by atoms with E-state index in [4.69, 9.17) is 5.21 Å². The van der Waals surface area contributed by atoms with Gasteiger partial charge < -0.3 is 5.21 Å². The maximum Gasteiger partial charge on any atom is 0.0936 e. The fourth-order valence-corrected chi connectivity index (χ4v) is 2.15. The molecule has 0 aliphatic rings. The normalized spacial score (nSPS) is 11.7. The maximum absolute atomic E-state index is 8.65. The van der Waals surface area contributed by atoms with Gasteiger partial charge in [-0.2, -0.15) is 0 Å². The molecule has 0 radical (unpaired) electrons. The summed E-state index contributed by atoms with van der Waals surface area (Å²) in [6.45, 7) is 1.77. The lowest BCUT2D eigenvalue weighted by Gasteiger charge is -1.94. The molecule has 3 nitrogen and oxygen atoms in total. The van der Waals surface area contributed by atoms with Crippen LogP contribution in [0.1, 0.15) is 11.8 Å². The van der Waals surface area contributed by atoms with Crippen molar-refractivity contribution in [3.8, 4) is 10.6 Å². The highest BCUT2D eigenvalue weighted by molar-refractivity contribution is 7.17. The van der Waals surface area contributed by atoms with Gasteiger partial charge >= 0.3 is 0 Å². The predicted octanol–water partition coefficient (Wildman–Crippen LogP) is 3.01. The first-order valence-corrected chi connectivity index (χ1v) is 5.33. The summed E-state index contributed by atoms with van der Waals surface area (Å²) in [4.78, 5) is 6.29. The number of hydrogen-bond donors (Lipinski definition) is 1. The number of rotatable bonds is 2. The van der Waals surface area contributed by atoms with Crippen molar-refractivity contribution in [1.29, 1.82) is 0 Å². The summed E-state index contributed by atoms with van der Waals surface area (Å²) in [6.07, 6.45) is 1.77. The molecule has 2 aromatic rings. The van der Waals surface area contributed by atoms with Crippen molar-refractivity contribution in [3.05, 3.63) is 41.4 Å². The van der Waals surface area contributed by atoms with Gasteiger partial charge in [-0.05, 0) is 31.2 Å². The van der Waals surface area contributed by atoms with Gasteiger partial charge in [-0.3, -0.25) is 4.98 Å². The molecule has 0 aliphatic heterocycles. The summed E-state index contributed by atoms with van der Waals surface area (Å²) < 4.78 is 0. The van der Waals surface area contributed by atoms with Gasteiger partial charge in [-0.25, -0.2) is 0 Å². The molecule has 15 heavy (non-hydrogen) atoms. The number of hydrogen-bond acceptors (Lipinski definition) is 4. The standard InChI is InChI=1S/C11H10N2OS/c1-8(13-14)10-5-6-11(15-10)9-4-2-3-7-12-9/h2-7,14H,1H3/b13-8+. The zero-order chi connectivity index (χ0) is 10.7. The largest absolute Gasteiger partial charge is 0.411 e. The zero-order valence-corrected chi connectivity index (χ0v) is 9.03. The van der Waals surface area contributed by atoms with E-state index in [1.807, 2.05) is 30.3 Å². The van der Waals surface area contributed by atoms with Gasteiger partial charge in [0.25, 0.3) is 0 Å². The van der Waals surface area contributed by atoms with E-state index in [2.05, 4.69) is 10.1 Å². The second-order valence-electron chi connectivity index (χ2n) is 3.06. The Morgan fingerprint density at radius 3 is 2.87 bits per heavy atom. The van der Waals surface area contributed by atoms with E-state index in [9.17, 15) is 0 Å². The highest BCUT2D eigenvalue weighted by Crippen LogP contribution is 2.26. The molecule has 0 aliphatic carbocycles. The van der Waals surface area contributed by atoms with Gasteiger partial charge in [0.2, 0.25) is 0 Å². The van der Waals surface area contributed by atoms with E-state index in [0.717, 1.165) is 15.4 Å². The van der Waals surface area contributed by atoms with Crippen LogP contribution in [0.25, 0.3) is 10.6 Å². The average molecular weight is 218 g/mol. The minimum absolute atomic E-state index is 0.627. The van der Waals surface area contributed by atoms with Gasteiger partial charge in [0.15, 0.2) is 0 Å². The summed E-state index contributed by atoms with van der Waals surface area (Å²) in [5, 5.41) is 11.8. The van der Waals surface area contributed by atoms with E-state index < -0.39 is 0 Å². The lowest BCUT2D eigenvalue weighted by Crippen LogP contribution is -1.87. The predicted molar refractivity (Wildman–Crippen MR) is 61.5 cm³/mol. The first-order valence-electron chi connectivity index (χ1n) is 4.51. The third-order valence-corrected chi connectivity index (χ3v) is 3.25. The lowest BCUT2D eigenvalue weighted by molar-refractivity contribution is 0.319. The molecule has 0 fully saturated rings. The van der Waals surface area contributed by atoms with E-state index in [-0.39, 0.29) is 0 Å². The molecule has 0 saturated carbocycles. The highest BCUT2D eigenvalue weighted by Gasteiger charge is 2.05. The number of oxime groups is 1. The summed E-state index contributed by atoms with van der Waals surface area (Å²) in [7, 11) is 0. The van der Waals surface area contributed by atoms with E-state index in [1.54, 1.807) is 24.5 Å². The molecular formula is C11H10N2OS. The first-order chi connectivity index (χ1) is 7.31. The van der Waals surface area contributed by atoms with Gasteiger partial charge in [0, 0.05) is 6.20 Å². The van der Waals surface area contributed by atoms with Crippen molar-refractivity contribution in [3.63, 3.8) is 0 Å². The fourth-order valence-electron chi connectivity index (χ4n) is 1.23. The smallest absolute Gasteiger partial charge is 0.0936 e. The zero-order valence-electron chi connectivity index (χ0n) is 8.21. The molecule has 0 bridgehead atoms. The first kappa shape index (κ1) is 9.86. The van der Waals surface area contributed by atoms with E-state index in [0.29, 0.717) is 5.71 Å². The van der Waals surface area contributed by atoms with Crippen LogP contribution < -0.4 is 0 Å². The second kappa shape index (κ2) is 4.23. The van der Waals surface area contributed by atoms with Crippen LogP contribution in [0.15, 0.2) is 41.7 Å². The summed E-state index contributed by atoms with van der Waals surface area (Å²) in [5.74, 6) is 0. The SMILES string of the molecule is C/C(=N\O)c1ccc(-c2ccccn2)s1. The molecule has 76 valence electrons. The number of thiophene rings is 1. The van der Waals surface area contributed by atoms with Crippen molar-refractivity contribution in [2.24, 2.45) is 5.16 Å². The van der Waals surface area contributed by atoms with Crippen LogP contribution in [-0.4, -0.2) is 15.9 Å². The monoisotopic (exact) mass is 218 g/mol. The van der Waals surface area contributed by atoms with E-state index in [1.165, 1.54) is 0 Å². The summed E-state index contributed by atoms with van der Waals surface area (Å²) in [5.41, 5.74) is 1.57. The van der Waals surface area contributed by atoms with Crippen LogP contribution in [0, 0.1) is 0 Å². The Hall–Kier alpha value is -1.68. The van der Waals surface area contributed by atoms with Crippen LogP contribution in [0.5, 0.6) is 0 Å². The van der Waals surface area contributed by atoms with Gasteiger partial charge in [0.05, 0.1) is 21.2 Å². The van der Waals surface area contributed by atoms with Crippen LogP contribution in [0.2, 0.25) is 0 Å². The Balaban J connectivity index is 2.36. The van der Waals surface area contributed by atoms with Crippen LogP contribution in [0.3, 0.4) is 0 Å². The van der Waals surface area contributed by atoms with Crippen molar-refractivity contribution in [2.45, 2.75) is 6.92 Å². The van der Waals surface area contributed by atoms with Crippen LogP contribution >= 0.6 is 11.3 Å². The Morgan fingerprint density at radius 1 is 1.33 bits per heavy atom. The Labute approximate surface area is 91.7 Å². The number of aromatic nitrogens is 1. The number of nitrogens with zero attached hydrogens (tertiary/aromatic N) is 2. The molecule has 0 aromatic carbocycles. The molecule has 1 N–H and O–H groups in total. The Kier molecular flexibility index (Phi) is 2.78. The minimum atomic E-state index is 0.627. The molecule has 0 saturated heterocycles. The molecule has 0 amide bonds. The van der Waals surface area contributed by atoms with Crippen molar-refractivity contribution >= 4 is 17.0 Å². The fraction of sp³-hybridized carbons (Fsp3) is 0.0909. The van der Waals surface area contributed by atoms with Gasteiger partial charge in [-0.1, -0.05) is 11.2 Å². The third kappa shape index (κ3) is 2.05. The van der Waals surface area contributed by atoms with Crippen molar-refractivity contribution in [2.75, 3.05) is 0 Å². The quantitative estimate of drug-likeness (QED) is 0.478. The van der Waals surface area contributed by atoms with Gasteiger partial charge in [-0.15, -0.1) is 11.3 Å². The second-order valence-corrected chi connectivity index (χ2v) is 4.15. The molecule has 0 atom stereocenters. The average Bonchev–Trinajstić information content (AvgIpc) is 2.78. The summed E-state index contributed by atoms with van der Waals surface area (Å²) in [6, 6.07) is 9.72. The molecule has 2 rings (SSSR count). The van der Waals surface area contributed by atoms with Crippen LogP contribution in [0.4, 0.5) is 0 Å². The molecular weight excluding hydrogens is 208 g/mol. The van der Waals surface area contributed by atoms with E-state index >= 15 is 0 Å². The Bertz CT molecular complexity index is 476. The third-order valence-electron chi connectivity index (χ3n) is 2.03. The van der Waals surface area contributed by atoms with Gasteiger partial charge in [0.1, 0.15) is 0 Å². The molecule has 2 heterocycles. The lowest BCUT2D eigenvalue weighted by atomic mass is 10.3. The maximum atomic E-state index is 8.65. The molecule has 0 spiro atoms. The molecule has 2 aromatic heterocycles. The summed E-state index contributed by atoms with van der Waals surface area (Å²) >= 11 is 1.57.